The summed E-state index contributed by atoms with van der Waals surface area (Å²) in [5.41, 5.74) is 0.764. The number of rotatable bonds is 3. The molecule has 18 heavy (non-hydrogen) atoms. The van der Waals surface area contributed by atoms with Gasteiger partial charge in [0.05, 0.1) is 17.8 Å². The largest absolute Gasteiger partial charge is 0.391 e. The van der Waals surface area contributed by atoms with Gasteiger partial charge in [-0.15, -0.1) is 0 Å². The summed E-state index contributed by atoms with van der Waals surface area (Å²) < 4.78 is 13.9. The van der Waals surface area contributed by atoms with E-state index in [1.165, 1.54) is 6.07 Å². The molecule has 0 aliphatic heterocycles. The Bertz CT molecular complexity index is 436. The quantitative estimate of drug-likeness (QED) is 0.838. The number of benzene rings is 1. The number of anilines is 1. The fourth-order valence-electron chi connectivity index (χ4n) is 2.60. The molecule has 0 amide bonds. The van der Waals surface area contributed by atoms with Gasteiger partial charge in [0, 0.05) is 12.6 Å². The maximum absolute atomic E-state index is 13.9. The topological polar surface area (TPSA) is 40.5 Å². The number of hydrogen-bond donors (Lipinski definition) is 1. The standard InChI is InChI=1S/C14H18FNO2/c1-16(13-4-2-3-5-14(13)18)12-7-6-10(9-17)8-11(12)15/h6-9,13-14,18H,2-5H2,1H3. The van der Waals surface area contributed by atoms with Crippen LogP contribution >= 0.6 is 0 Å². The summed E-state index contributed by atoms with van der Waals surface area (Å²) in [6.45, 7) is 0. The summed E-state index contributed by atoms with van der Waals surface area (Å²) in [4.78, 5) is 12.4. The molecule has 2 atom stereocenters. The monoisotopic (exact) mass is 251 g/mol. The predicted molar refractivity (Wildman–Crippen MR) is 68.5 cm³/mol. The molecule has 0 heterocycles. The van der Waals surface area contributed by atoms with Gasteiger partial charge in [-0.25, -0.2) is 4.39 Å². The molecule has 0 bridgehead atoms. The molecular weight excluding hydrogens is 233 g/mol. The van der Waals surface area contributed by atoms with Crippen molar-refractivity contribution in [3.8, 4) is 0 Å². The number of aliphatic hydroxyl groups excluding tert-OH is 1. The first-order valence-corrected chi connectivity index (χ1v) is 6.29. The van der Waals surface area contributed by atoms with Crippen LogP contribution in [-0.4, -0.2) is 30.6 Å². The zero-order valence-electron chi connectivity index (χ0n) is 10.5. The summed E-state index contributed by atoms with van der Waals surface area (Å²) in [5.74, 6) is -0.417. The molecule has 1 N–H and O–H groups in total. The highest BCUT2D eigenvalue weighted by atomic mass is 19.1. The van der Waals surface area contributed by atoms with Crippen molar-refractivity contribution in [1.82, 2.24) is 0 Å². The normalized spacial score (nSPS) is 23.7. The molecule has 2 rings (SSSR count). The van der Waals surface area contributed by atoms with Gasteiger partial charge in [-0.3, -0.25) is 4.79 Å². The molecule has 0 saturated heterocycles. The van der Waals surface area contributed by atoms with E-state index in [9.17, 15) is 14.3 Å². The van der Waals surface area contributed by atoms with E-state index < -0.39 is 11.9 Å². The van der Waals surface area contributed by atoms with Crippen molar-refractivity contribution in [2.24, 2.45) is 0 Å². The van der Waals surface area contributed by atoms with E-state index in [1.54, 1.807) is 24.1 Å². The average molecular weight is 251 g/mol. The second-order valence-electron chi connectivity index (χ2n) is 4.86. The Balaban J connectivity index is 2.22. The predicted octanol–water partition coefficient (Wildman–Crippen LogP) is 2.38. The lowest BCUT2D eigenvalue weighted by Crippen LogP contribution is -2.43. The number of carbonyl (C=O) groups is 1. The highest BCUT2D eigenvalue weighted by Gasteiger charge is 2.27. The molecule has 1 aliphatic carbocycles. The lowest BCUT2D eigenvalue weighted by Gasteiger charge is -2.36. The fourth-order valence-corrected chi connectivity index (χ4v) is 2.60. The van der Waals surface area contributed by atoms with Crippen LogP contribution in [-0.2, 0) is 0 Å². The Morgan fingerprint density at radius 2 is 2.11 bits per heavy atom. The van der Waals surface area contributed by atoms with E-state index >= 15 is 0 Å². The van der Waals surface area contributed by atoms with Crippen molar-refractivity contribution >= 4 is 12.0 Å². The second-order valence-corrected chi connectivity index (χ2v) is 4.86. The van der Waals surface area contributed by atoms with Crippen molar-refractivity contribution in [2.75, 3.05) is 11.9 Å². The van der Waals surface area contributed by atoms with E-state index in [1.807, 2.05) is 0 Å². The number of carbonyl (C=O) groups excluding carboxylic acids is 1. The summed E-state index contributed by atoms with van der Waals surface area (Å²) >= 11 is 0. The van der Waals surface area contributed by atoms with Crippen molar-refractivity contribution in [1.29, 1.82) is 0 Å². The van der Waals surface area contributed by atoms with Crippen LogP contribution in [0.15, 0.2) is 18.2 Å². The Hall–Kier alpha value is -1.42. The van der Waals surface area contributed by atoms with Gasteiger partial charge in [0.1, 0.15) is 12.1 Å². The summed E-state index contributed by atoms with van der Waals surface area (Å²) in [6, 6.07) is 4.38. The maximum Gasteiger partial charge on any atom is 0.150 e. The smallest absolute Gasteiger partial charge is 0.150 e. The van der Waals surface area contributed by atoms with Gasteiger partial charge in [0.15, 0.2) is 0 Å². The number of halogens is 1. The zero-order valence-corrected chi connectivity index (χ0v) is 10.5. The number of likely N-dealkylation sites (N-methyl/N-ethyl adjacent to an activating group) is 1. The number of aliphatic hydroxyl groups is 1. The van der Waals surface area contributed by atoms with Crippen molar-refractivity contribution < 1.29 is 14.3 Å². The Morgan fingerprint density at radius 3 is 2.72 bits per heavy atom. The van der Waals surface area contributed by atoms with Crippen LogP contribution in [0.2, 0.25) is 0 Å². The van der Waals surface area contributed by atoms with Crippen molar-refractivity contribution in [3.05, 3.63) is 29.6 Å². The minimum Gasteiger partial charge on any atom is -0.391 e. The van der Waals surface area contributed by atoms with Gasteiger partial charge in [-0.2, -0.15) is 0 Å². The second kappa shape index (κ2) is 5.48. The van der Waals surface area contributed by atoms with E-state index in [-0.39, 0.29) is 6.04 Å². The molecule has 1 aliphatic rings. The van der Waals surface area contributed by atoms with E-state index in [0.717, 1.165) is 25.7 Å². The van der Waals surface area contributed by atoms with Crippen LogP contribution in [0.1, 0.15) is 36.0 Å². The Kier molecular flexibility index (Phi) is 3.97. The first-order chi connectivity index (χ1) is 8.63. The summed E-state index contributed by atoms with van der Waals surface area (Å²) in [5, 5.41) is 9.97. The third-order valence-corrected chi connectivity index (χ3v) is 3.68. The fraction of sp³-hybridized carbons (Fsp3) is 0.500. The third kappa shape index (κ3) is 2.53. The average Bonchev–Trinajstić information content (AvgIpc) is 2.38. The molecule has 1 aromatic rings. The molecule has 0 aromatic heterocycles. The first-order valence-electron chi connectivity index (χ1n) is 6.29. The van der Waals surface area contributed by atoms with Crippen LogP contribution in [0.3, 0.4) is 0 Å². The van der Waals surface area contributed by atoms with Crippen LogP contribution in [0.5, 0.6) is 0 Å². The van der Waals surface area contributed by atoms with Crippen molar-refractivity contribution in [2.45, 2.75) is 37.8 Å². The minimum absolute atomic E-state index is 0.0460. The van der Waals surface area contributed by atoms with Gasteiger partial charge in [0.2, 0.25) is 0 Å². The Labute approximate surface area is 106 Å². The molecule has 0 spiro atoms. The van der Waals surface area contributed by atoms with Crippen LogP contribution in [0, 0.1) is 5.82 Å². The molecular formula is C14H18FNO2. The lowest BCUT2D eigenvalue weighted by atomic mass is 9.91. The van der Waals surface area contributed by atoms with E-state index in [2.05, 4.69) is 0 Å². The van der Waals surface area contributed by atoms with Gasteiger partial charge < -0.3 is 10.0 Å². The molecule has 1 saturated carbocycles. The number of nitrogens with zero attached hydrogens (tertiary/aromatic N) is 1. The van der Waals surface area contributed by atoms with Gasteiger partial charge in [0.25, 0.3) is 0 Å². The van der Waals surface area contributed by atoms with E-state index in [0.29, 0.717) is 17.5 Å². The summed E-state index contributed by atoms with van der Waals surface area (Å²) in [6.07, 6.45) is 3.93. The third-order valence-electron chi connectivity index (χ3n) is 3.68. The molecule has 1 aromatic carbocycles. The molecule has 1 fully saturated rings. The van der Waals surface area contributed by atoms with Crippen molar-refractivity contribution in [3.63, 3.8) is 0 Å². The highest BCUT2D eigenvalue weighted by molar-refractivity contribution is 5.76. The molecule has 3 nitrogen and oxygen atoms in total. The first kappa shape index (κ1) is 13.0. The molecule has 4 heteroatoms. The zero-order chi connectivity index (χ0) is 13.1. The summed E-state index contributed by atoms with van der Waals surface area (Å²) in [7, 11) is 1.79. The molecule has 0 radical (unpaired) electrons. The van der Waals surface area contributed by atoms with E-state index in [4.69, 9.17) is 0 Å². The number of hydrogen-bond acceptors (Lipinski definition) is 3. The molecule has 2 unspecified atom stereocenters. The minimum atomic E-state index is -0.417. The van der Waals surface area contributed by atoms with Crippen LogP contribution in [0.4, 0.5) is 10.1 Å². The maximum atomic E-state index is 13.9. The van der Waals surface area contributed by atoms with Gasteiger partial charge in [-0.1, -0.05) is 12.8 Å². The van der Waals surface area contributed by atoms with Gasteiger partial charge >= 0.3 is 0 Å². The Morgan fingerprint density at radius 1 is 1.39 bits per heavy atom. The van der Waals surface area contributed by atoms with Crippen LogP contribution < -0.4 is 4.90 Å². The lowest BCUT2D eigenvalue weighted by molar-refractivity contribution is 0.106. The SMILES string of the molecule is CN(c1ccc(C=O)cc1F)C1CCCCC1O. The van der Waals surface area contributed by atoms with Crippen LogP contribution in [0.25, 0.3) is 0 Å². The number of aldehydes is 1. The highest BCUT2D eigenvalue weighted by Crippen LogP contribution is 2.28. The molecule has 98 valence electrons. The van der Waals surface area contributed by atoms with Gasteiger partial charge in [-0.05, 0) is 31.0 Å².